The largest absolute Gasteiger partial charge is 0.401 e. The van der Waals surface area contributed by atoms with Gasteiger partial charge in [-0.3, -0.25) is 9.80 Å². The summed E-state index contributed by atoms with van der Waals surface area (Å²) in [5, 5.41) is 0. The van der Waals surface area contributed by atoms with Crippen LogP contribution in [0.2, 0.25) is 0 Å². The van der Waals surface area contributed by atoms with Crippen molar-refractivity contribution in [2.75, 3.05) is 80.5 Å². The Balaban J connectivity index is 4.52. The van der Waals surface area contributed by atoms with Gasteiger partial charge in [-0.2, -0.15) is 26.3 Å². The van der Waals surface area contributed by atoms with Crippen molar-refractivity contribution in [1.82, 2.24) is 19.6 Å². The van der Waals surface area contributed by atoms with E-state index >= 15 is 0 Å². The lowest BCUT2D eigenvalue weighted by Gasteiger charge is -2.28. The van der Waals surface area contributed by atoms with Crippen molar-refractivity contribution in [2.24, 2.45) is 0 Å². The van der Waals surface area contributed by atoms with Gasteiger partial charge in [-0.1, -0.05) is 0 Å². The molecule has 0 unspecified atom stereocenters. The molecule has 0 aromatic carbocycles. The van der Waals surface area contributed by atoms with Gasteiger partial charge in [0, 0.05) is 26.2 Å². The van der Waals surface area contributed by atoms with Crippen LogP contribution in [0.4, 0.5) is 26.3 Å². The summed E-state index contributed by atoms with van der Waals surface area (Å²) >= 11 is 0. The molecule has 0 bridgehead atoms. The normalized spacial score (nSPS) is 13.7. The third-order valence-corrected chi connectivity index (χ3v) is 3.48. The molecule has 0 aromatic rings. The molecule has 0 aromatic heterocycles. The maximum atomic E-state index is 12.6. The van der Waals surface area contributed by atoms with Crippen LogP contribution in [0.15, 0.2) is 0 Å². The number of hydrogen-bond acceptors (Lipinski definition) is 4. The maximum Gasteiger partial charge on any atom is 0.401 e. The Morgan fingerprint density at radius 2 is 0.840 bits per heavy atom. The van der Waals surface area contributed by atoms with Crippen molar-refractivity contribution in [3.63, 3.8) is 0 Å². The average Bonchev–Trinajstić information content (AvgIpc) is 2.38. The van der Waals surface area contributed by atoms with Gasteiger partial charge < -0.3 is 9.80 Å². The fraction of sp³-hybridized carbons (Fsp3) is 1.00. The zero-order chi connectivity index (χ0) is 19.7. The molecular weight excluding hydrogens is 350 g/mol. The summed E-state index contributed by atoms with van der Waals surface area (Å²) in [4.78, 5) is 6.04. The van der Waals surface area contributed by atoms with Crippen LogP contribution in [-0.4, -0.2) is 113 Å². The van der Waals surface area contributed by atoms with Gasteiger partial charge in [-0.25, -0.2) is 0 Å². The Morgan fingerprint density at radius 1 is 0.520 bits per heavy atom. The molecule has 10 heteroatoms. The summed E-state index contributed by atoms with van der Waals surface area (Å²) < 4.78 is 75.8. The lowest BCUT2D eigenvalue weighted by atomic mass is 10.3. The van der Waals surface area contributed by atoms with Gasteiger partial charge in [0.05, 0.1) is 13.1 Å². The van der Waals surface area contributed by atoms with E-state index in [4.69, 9.17) is 0 Å². The van der Waals surface area contributed by atoms with Crippen LogP contribution in [-0.2, 0) is 0 Å². The third kappa shape index (κ3) is 16.6. The highest BCUT2D eigenvalue weighted by molar-refractivity contribution is 4.69. The minimum atomic E-state index is -4.32. The van der Waals surface area contributed by atoms with Crippen molar-refractivity contribution in [3.05, 3.63) is 0 Å². The van der Waals surface area contributed by atoms with E-state index in [-0.39, 0.29) is 32.6 Å². The van der Waals surface area contributed by atoms with Crippen LogP contribution in [0, 0.1) is 0 Å². The first-order chi connectivity index (χ1) is 11.3. The van der Waals surface area contributed by atoms with E-state index in [2.05, 4.69) is 0 Å². The molecule has 0 amide bonds. The molecule has 0 aliphatic heterocycles. The SMILES string of the molecule is CN(C)CCN(CCCN(CCN(C)C)CC(F)(F)F)CC(F)(F)F. The summed E-state index contributed by atoms with van der Waals surface area (Å²) in [6, 6.07) is 0. The van der Waals surface area contributed by atoms with E-state index in [1.54, 1.807) is 38.0 Å². The molecule has 0 N–H and O–H groups in total. The molecule has 0 rings (SSSR count). The van der Waals surface area contributed by atoms with Crippen LogP contribution < -0.4 is 0 Å². The zero-order valence-corrected chi connectivity index (χ0v) is 15.4. The highest BCUT2D eigenvalue weighted by Gasteiger charge is 2.32. The van der Waals surface area contributed by atoms with Gasteiger partial charge in [-0.15, -0.1) is 0 Å². The monoisotopic (exact) mass is 380 g/mol. The summed E-state index contributed by atoms with van der Waals surface area (Å²) in [7, 11) is 7.05. The molecular formula is C15H30F6N4. The smallest absolute Gasteiger partial charge is 0.308 e. The van der Waals surface area contributed by atoms with Gasteiger partial charge >= 0.3 is 12.4 Å². The molecule has 0 atom stereocenters. The van der Waals surface area contributed by atoms with Crippen LogP contribution in [0.5, 0.6) is 0 Å². The third-order valence-electron chi connectivity index (χ3n) is 3.48. The van der Waals surface area contributed by atoms with Crippen molar-refractivity contribution in [2.45, 2.75) is 18.8 Å². The van der Waals surface area contributed by atoms with E-state index in [9.17, 15) is 26.3 Å². The van der Waals surface area contributed by atoms with Gasteiger partial charge in [0.25, 0.3) is 0 Å². The molecule has 0 fully saturated rings. The Hall–Kier alpha value is -0.580. The Kier molecular flexibility index (Phi) is 10.9. The van der Waals surface area contributed by atoms with Crippen LogP contribution in [0.1, 0.15) is 6.42 Å². The molecule has 4 nitrogen and oxygen atoms in total. The second kappa shape index (κ2) is 11.2. The van der Waals surface area contributed by atoms with E-state index in [1.807, 2.05) is 0 Å². The second-order valence-corrected chi connectivity index (χ2v) is 6.74. The predicted molar refractivity (Wildman–Crippen MR) is 86.7 cm³/mol. The molecule has 0 aliphatic rings. The van der Waals surface area contributed by atoms with E-state index < -0.39 is 25.4 Å². The summed E-state index contributed by atoms with van der Waals surface area (Å²) in [6.07, 6.45) is -8.38. The topological polar surface area (TPSA) is 13.0 Å². The fourth-order valence-corrected chi connectivity index (χ4v) is 2.25. The Morgan fingerprint density at radius 3 is 1.08 bits per heavy atom. The molecule has 152 valence electrons. The number of rotatable bonds is 12. The number of likely N-dealkylation sites (N-methyl/N-ethyl adjacent to an activating group) is 2. The highest BCUT2D eigenvalue weighted by atomic mass is 19.4. The first-order valence-electron chi connectivity index (χ1n) is 8.16. The van der Waals surface area contributed by atoms with Gasteiger partial charge in [-0.05, 0) is 47.7 Å². The quantitative estimate of drug-likeness (QED) is 0.482. The molecule has 25 heavy (non-hydrogen) atoms. The second-order valence-electron chi connectivity index (χ2n) is 6.74. The zero-order valence-electron chi connectivity index (χ0n) is 15.4. The van der Waals surface area contributed by atoms with Crippen molar-refractivity contribution < 1.29 is 26.3 Å². The summed E-state index contributed by atoms with van der Waals surface area (Å²) in [6.45, 7) is -0.484. The minimum absolute atomic E-state index is 0.115. The average molecular weight is 380 g/mol. The summed E-state index contributed by atoms with van der Waals surface area (Å²) in [5.74, 6) is 0. The van der Waals surface area contributed by atoms with Gasteiger partial charge in [0.2, 0.25) is 0 Å². The first-order valence-corrected chi connectivity index (χ1v) is 8.16. The lowest BCUT2D eigenvalue weighted by Crippen LogP contribution is -2.42. The Labute approximate surface area is 146 Å². The molecule has 0 saturated heterocycles. The highest BCUT2D eigenvalue weighted by Crippen LogP contribution is 2.18. The lowest BCUT2D eigenvalue weighted by molar-refractivity contribution is -0.148. The van der Waals surface area contributed by atoms with Crippen molar-refractivity contribution >= 4 is 0 Å². The molecule has 0 heterocycles. The van der Waals surface area contributed by atoms with E-state index in [0.29, 0.717) is 13.1 Å². The predicted octanol–water partition coefficient (Wildman–Crippen LogP) is 2.23. The van der Waals surface area contributed by atoms with Crippen molar-refractivity contribution in [1.29, 1.82) is 0 Å². The van der Waals surface area contributed by atoms with Gasteiger partial charge in [0.15, 0.2) is 0 Å². The van der Waals surface area contributed by atoms with Crippen molar-refractivity contribution in [3.8, 4) is 0 Å². The number of halogens is 6. The first kappa shape index (κ1) is 24.4. The molecule has 0 radical (unpaired) electrons. The number of alkyl halides is 6. The summed E-state index contributed by atoms with van der Waals surface area (Å²) in [5.41, 5.74) is 0. The van der Waals surface area contributed by atoms with Crippen LogP contribution >= 0.6 is 0 Å². The van der Waals surface area contributed by atoms with Gasteiger partial charge in [0.1, 0.15) is 0 Å². The Bertz CT molecular complexity index is 312. The molecule has 0 aliphatic carbocycles. The number of nitrogens with zero attached hydrogens (tertiary/aromatic N) is 4. The van der Waals surface area contributed by atoms with E-state index in [0.717, 1.165) is 0 Å². The fourth-order valence-electron chi connectivity index (χ4n) is 2.25. The molecule has 0 saturated carbocycles. The maximum absolute atomic E-state index is 12.6. The minimum Gasteiger partial charge on any atom is -0.308 e. The number of hydrogen-bond donors (Lipinski definition) is 0. The molecule has 0 spiro atoms. The van der Waals surface area contributed by atoms with Crippen LogP contribution in [0.3, 0.4) is 0 Å². The van der Waals surface area contributed by atoms with Crippen LogP contribution in [0.25, 0.3) is 0 Å². The standard InChI is InChI=1S/C15H30F6N4/c1-22(2)8-10-24(12-14(16,17)18)6-5-7-25(11-9-23(3)4)13-15(19,20)21/h5-13H2,1-4H3. The van der Waals surface area contributed by atoms with E-state index in [1.165, 1.54) is 9.80 Å².